The number of carbonyl (C=O) groups is 2. The van der Waals surface area contributed by atoms with E-state index in [9.17, 15) is 22.6 Å². The molecule has 0 fully saturated rings. The zero-order valence-electron chi connectivity index (χ0n) is 11.2. The van der Waals surface area contributed by atoms with E-state index in [-0.39, 0.29) is 24.3 Å². The summed E-state index contributed by atoms with van der Waals surface area (Å²) in [6.07, 6.45) is 0. The monoisotopic (exact) mass is 333 g/mol. The average molecular weight is 333 g/mol. The van der Waals surface area contributed by atoms with Crippen LogP contribution in [0.1, 0.15) is 20.7 Å². The minimum Gasteiger partial charge on any atom is -0.744 e. The van der Waals surface area contributed by atoms with Gasteiger partial charge in [-0.25, -0.2) is 18.0 Å². The van der Waals surface area contributed by atoms with E-state index in [0.717, 1.165) is 18.2 Å². The largest absolute Gasteiger partial charge is 0.744 e. The van der Waals surface area contributed by atoms with Crippen LogP contribution in [0.15, 0.2) is 23.1 Å². The van der Waals surface area contributed by atoms with Gasteiger partial charge in [0.25, 0.3) is 0 Å². The first-order valence-corrected chi connectivity index (χ1v) is 7.37. The van der Waals surface area contributed by atoms with Crippen molar-refractivity contribution in [1.29, 1.82) is 0 Å². The number of benzene rings is 1. The zero-order chi connectivity index (χ0) is 16.8. The molecule has 22 heavy (non-hydrogen) atoms. The summed E-state index contributed by atoms with van der Waals surface area (Å²) in [6.45, 7) is -1.57. The predicted molar refractivity (Wildman–Crippen MR) is 69.1 cm³/mol. The Labute approximate surface area is 125 Å². The molecule has 1 rings (SSSR count). The van der Waals surface area contributed by atoms with E-state index in [4.69, 9.17) is 10.2 Å². The van der Waals surface area contributed by atoms with Crippen LogP contribution < -0.4 is 0 Å². The molecule has 1 aromatic carbocycles. The Kier molecular flexibility index (Phi) is 6.43. The Morgan fingerprint density at radius 3 is 1.68 bits per heavy atom. The molecule has 0 aliphatic carbocycles. The third-order valence-electron chi connectivity index (χ3n) is 2.32. The number of rotatable bonds is 7. The minimum atomic E-state index is -4.92. The van der Waals surface area contributed by atoms with Crippen LogP contribution in [0.25, 0.3) is 0 Å². The maximum Gasteiger partial charge on any atom is 0.338 e. The highest BCUT2D eigenvalue weighted by Gasteiger charge is 2.17. The standard InChI is InChI=1S/C12H14O9S/c13-1-3-20-11(15)8-5-9(12(16)21-4-2-14)7-10(6-8)22(17,18)19/h5-7,13-14H,1-4H2,(H,17,18,19)/p-1. The van der Waals surface area contributed by atoms with Gasteiger partial charge in [0.2, 0.25) is 0 Å². The van der Waals surface area contributed by atoms with Crippen LogP contribution in [0, 0.1) is 0 Å². The molecule has 0 saturated heterocycles. The molecule has 0 saturated carbocycles. The summed E-state index contributed by atoms with van der Waals surface area (Å²) in [7, 11) is -4.92. The number of hydrogen-bond acceptors (Lipinski definition) is 9. The molecule has 0 amide bonds. The third-order valence-corrected chi connectivity index (χ3v) is 3.13. The normalized spacial score (nSPS) is 11.0. The van der Waals surface area contributed by atoms with Crippen LogP contribution in [-0.2, 0) is 19.6 Å². The van der Waals surface area contributed by atoms with E-state index in [0.29, 0.717) is 0 Å². The smallest absolute Gasteiger partial charge is 0.338 e. The molecular formula is C12H13O9S-. The van der Waals surface area contributed by atoms with Gasteiger partial charge in [-0.15, -0.1) is 0 Å². The number of hydrogen-bond donors (Lipinski definition) is 2. The fourth-order valence-corrected chi connectivity index (χ4v) is 1.97. The van der Waals surface area contributed by atoms with Crippen molar-refractivity contribution in [2.45, 2.75) is 4.90 Å². The van der Waals surface area contributed by atoms with E-state index in [1.165, 1.54) is 0 Å². The summed E-state index contributed by atoms with van der Waals surface area (Å²) >= 11 is 0. The van der Waals surface area contributed by atoms with Gasteiger partial charge in [0.05, 0.1) is 29.2 Å². The Balaban J connectivity index is 3.22. The highest BCUT2D eigenvalue weighted by molar-refractivity contribution is 7.85. The number of esters is 2. The van der Waals surface area contributed by atoms with E-state index in [1.54, 1.807) is 0 Å². The molecular weight excluding hydrogens is 320 g/mol. The van der Waals surface area contributed by atoms with Crippen molar-refractivity contribution in [2.24, 2.45) is 0 Å². The summed E-state index contributed by atoms with van der Waals surface area (Å²) < 4.78 is 42.4. The summed E-state index contributed by atoms with van der Waals surface area (Å²) in [5.74, 6) is -2.04. The lowest BCUT2D eigenvalue weighted by Gasteiger charge is -2.11. The molecule has 0 heterocycles. The highest BCUT2D eigenvalue weighted by Crippen LogP contribution is 2.17. The first kappa shape index (κ1) is 18.0. The van der Waals surface area contributed by atoms with Gasteiger partial charge in [-0.2, -0.15) is 0 Å². The Morgan fingerprint density at radius 2 is 1.36 bits per heavy atom. The van der Waals surface area contributed by atoms with Crippen LogP contribution in [0.5, 0.6) is 0 Å². The van der Waals surface area contributed by atoms with E-state index in [2.05, 4.69) is 9.47 Å². The van der Waals surface area contributed by atoms with Crippen LogP contribution in [0.4, 0.5) is 0 Å². The lowest BCUT2D eigenvalue weighted by Crippen LogP contribution is -2.14. The number of aliphatic hydroxyl groups is 2. The van der Waals surface area contributed by atoms with Crippen LogP contribution in [0.3, 0.4) is 0 Å². The van der Waals surface area contributed by atoms with Crippen molar-refractivity contribution in [2.75, 3.05) is 26.4 Å². The lowest BCUT2D eigenvalue weighted by atomic mass is 10.1. The number of ether oxygens (including phenoxy) is 2. The first-order chi connectivity index (χ1) is 10.3. The van der Waals surface area contributed by atoms with Gasteiger partial charge < -0.3 is 24.2 Å². The third kappa shape index (κ3) is 5.07. The van der Waals surface area contributed by atoms with Crippen LogP contribution >= 0.6 is 0 Å². The molecule has 2 N–H and O–H groups in total. The molecule has 0 spiro atoms. The van der Waals surface area contributed by atoms with Gasteiger partial charge in [0.15, 0.2) is 0 Å². The van der Waals surface area contributed by atoms with Crippen LogP contribution in [0.2, 0.25) is 0 Å². The molecule has 0 bridgehead atoms. The molecule has 0 radical (unpaired) electrons. The topological polar surface area (TPSA) is 150 Å². The Morgan fingerprint density at radius 1 is 0.955 bits per heavy atom. The molecule has 10 heteroatoms. The minimum absolute atomic E-state index is 0.336. The second-order valence-electron chi connectivity index (χ2n) is 3.92. The molecule has 0 aliphatic heterocycles. The lowest BCUT2D eigenvalue weighted by molar-refractivity contribution is 0.0429. The van der Waals surface area contributed by atoms with E-state index in [1.807, 2.05) is 0 Å². The summed E-state index contributed by atoms with van der Waals surface area (Å²) in [4.78, 5) is 22.5. The van der Waals surface area contributed by atoms with E-state index < -0.39 is 40.2 Å². The number of carbonyl (C=O) groups excluding carboxylic acids is 2. The summed E-state index contributed by atoms with van der Waals surface area (Å²) in [5.41, 5.74) is -0.720. The van der Waals surface area contributed by atoms with Crippen molar-refractivity contribution >= 4 is 22.1 Å². The van der Waals surface area contributed by atoms with Gasteiger partial charge in [-0.05, 0) is 18.2 Å². The molecule has 1 aromatic rings. The molecule has 0 aromatic heterocycles. The molecule has 0 aliphatic rings. The molecule has 122 valence electrons. The van der Waals surface area contributed by atoms with Crippen molar-refractivity contribution in [3.05, 3.63) is 29.3 Å². The van der Waals surface area contributed by atoms with Crippen molar-refractivity contribution in [1.82, 2.24) is 0 Å². The van der Waals surface area contributed by atoms with Crippen molar-refractivity contribution in [3.63, 3.8) is 0 Å². The second kappa shape index (κ2) is 7.84. The zero-order valence-corrected chi connectivity index (χ0v) is 12.0. The van der Waals surface area contributed by atoms with Crippen molar-refractivity contribution in [3.8, 4) is 0 Å². The quantitative estimate of drug-likeness (QED) is 0.467. The van der Waals surface area contributed by atoms with Gasteiger partial charge in [0, 0.05) is 0 Å². The van der Waals surface area contributed by atoms with E-state index >= 15 is 0 Å². The van der Waals surface area contributed by atoms with Gasteiger partial charge >= 0.3 is 11.9 Å². The Bertz CT molecular complexity index is 612. The molecule has 9 nitrogen and oxygen atoms in total. The Hall–Kier alpha value is -2.01. The van der Waals surface area contributed by atoms with Gasteiger partial charge in [0.1, 0.15) is 23.3 Å². The van der Waals surface area contributed by atoms with Crippen LogP contribution in [-0.4, -0.2) is 61.5 Å². The fourth-order valence-electron chi connectivity index (χ4n) is 1.42. The fraction of sp³-hybridized carbons (Fsp3) is 0.333. The summed E-state index contributed by atoms with van der Waals surface area (Å²) in [5, 5.41) is 17.1. The maximum atomic E-state index is 11.6. The van der Waals surface area contributed by atoms with Gasteiger partial charge in [-0.3, -0.25) is 0 Å². The van der Waals surface area contributed by atoms with Crippen molar-refractivity contribution < 1.29 is 42.2 Å². The number of aliphatic hydroxyl groups excluding tert-OH is 2. The second-order valence-corrected chi connectivity index (χ2v) is 5.30. The van der Waals surface area contributed by atoms with Gasteiger partial charge in [-0.1, -0.05) is 0 Å². The first-order valence-electron chi connectivity index (χ1n) is 5.96. The SMILES string of the molecule is O=C(OCCO)c1cc(C(=O)OCCO)cc(S(=O)(=O)[O-])c1. The summed E-state index contributed by atoms with van der Waals surface area (Å²) in [6, 6.07) is 2.49. The average Bonchev–Trinajstić information content (AvgIpc) is 2.48. The maximum absolute atomic E-state index is 11.6. The molecule has 0 atom stereocenters. The molecule has 0 unspecified atom stereocenters. The highest BCUT2D eigenvalue weighted by atomic mass is 32.2. The predicted octanol–water partition coefficient (Wildman–Crippen LogP) is -1.11.